The summed E-state index contributed by atoms with van der Waals surface area (Å²) >= 11 is 0. The third-order valence-corrected chi connectivity index (χ3v) is 5.01. The van der Waals surface area contributed by atoms with Gasteiger partial charge in [-0.25, -0.2) is 9.78 Å². The SMILES string of the molecule is CCCC(C)(C)OOC1(OOC(C)(C)CCC)CCC(C)CC1C. The summed E-state index contributed by atoms with van der Waals surface area (Å²) in [7, 11) is 0. The highest BCUT2D eigenvalue weighted by Gasteiger charge is 2.47. The Morgan fingerprint density at radius 2 is 1.33 bits per heavy atom. The molecule has 0 aromatic carbocycles. The Hall–Kier alpha value is -0.160. The molecule has 0 aromatic heterocycles. The van der Waals surface area contributed by atoms with Gasteiger partial charge in [-0.15, -0.1) is 0 Å². The topological polar surface area (TPSA) is 36.9 Å². The molecule has 0 aromatic rings. The van der Waals surface area contributed by atoms with Crippen molar-refractivity contribution in [1.29, 1.82) is 0 Å². The zero-order valence-electron chi connectivity index (χ0n) is 17.2. The van der Waals surface area contributed by atoms with Gasteiger partial charge in [-0.2, -0.15) is 9.78 Å². The third-order valence-electron chi connectivity index (χ3n) is 5.01. The van der Waals surface area contributed by atoms with E-state index in [0.29, 0.717) is 5.92 Å². The molecule has 0 heterocycles. The molecule has 2 atom stereocenters. The minimum absolute atomic E-state index is 0.219. The van der Waals surface area contributed by atoms with Crippen LogP contribution >= 0.6 is 0 Å². The zero-order valence-corrected chi connectivity index (χ0v) is 17.2. The molecule has 1 saturated carbocycles. The number of hydrogen-bond donors (Lipinski definition) is 0. The number of hydrogen-bond acceptors (Lipinski definition) is 4. The van der Waals surface area contributed by atoms with E-state index in [1.54, 1.807) is 0 Å². The maximum Gasteiger partial charge on any atom is 0.236 e. The van der Waals surface area contributed by atoms with Crippen molar-refractivity contribution in [1.82, 2.24) is 0 Å². The zero-order chi connectivity index (χ0) is 18.4. The molecule has 0 spiro atoms. The van der Waals surface area contributed by atoms with E-state index >= 15 is 0 Å². The second kappa shape index (κ2) is 8.98. The largest absolute Gasteiger partial charge is 0.236 e. The van der Waals surface area contributed by atoms with Crippen LogP contribution in [0, 0.1) is 11.8 Å². The molecule has 0 saturated heterocycles. The van der Waals surface area contributed by atoms with Crippen LogP contribution in [0.15, 0.2) is 0 Å². The molecule has 0 bridgehead atoms. The van der Waals surface area contributed by atoms with E-state index in [0.717, 1.165) is 44.9 Å². The van der Waals surface area contributed by atoms with E-state index in [9.17, 15) is 0 Å². The molecule has 0 radical (unpaired) electrons. The Balaban J connectivity index is 2.80. The lowest BCUT2D eigenvalue weighted by Gasteiger charge is -2.44. The monoisotopic (exact) mass is 344 g/mol. The van der Waals surface area contributed by atoms with Crippen molar-refractivity contribution in [2.45, 2.75) is 117 Å². The second-order valence-corrected chi connectivity index (χ2v) is 8.95. The average molecular weight is 345 g/mol. The molecule has 4 heteroatoms. The molecule has 1 rings (SSSR count). The summed E-state index contributed by atoms with van der Waals surface area (Å²) in [5.41, 5.74) is -0.653. The van der Waals surface area contributed by atoms with Crippen LogP contribution < -0.4 is 0 Å². The van der Waals surface area contributed by atoms with Gasteiger partial charge in [0.2, 0.25) is 5.79 Å². The first-order valence-corrected chi connectivity index (χ1v) is 9.79. The Kier molecular flexibility index (Phi) is 8.18. The van der Waals surface area contributed by atoms with Crippen LogP contribution in [0.1, 0.15) is 100 Å². The van der Waals surface area contributed by atoms with Crippen molar-refractivity contribution in [2.24, 2.45) is 11.8 Å². The van der Waals surface area contributed by atoms with Crippen molar-refractivity contribution in [3.8, 4) is 0 Å². The molecule has 0 aliphatic heterocycles. The molecule has 4 nitrogen and oxygen atoms in total. The maximum atomic E-state index is 5.97. The van der Waals surface area contributed by atoms with Crippen LogP contribution in [0.25, 0.3) is 0 Å². The summed E-state index contributed by atoms with van der Waals surface area (Å²) in [5, 5.41) is 0. The lowest BCUT2D eigenvalue weighted by atomic mass is 9.79. The summed E-state index contributed by atoms with van der Waals surface area (Å²) < 4.78 is 0. The highest BCUT2D eigenvalue weighted by atomic mass is 17.3. The fourth-order valence-electron chi connectivity index (χ4n) is 3.51. The standard InChI is InChI=1S/C20H40O4/c1-9-12-18(5,6)21-23-20(14-11-16(3)15-17(20)4)24-22-19(7,8)13-10-2/h16-17H,9-15H2,1-8H3. The van der Waals surface area contributed by atoms with Crippen LogP contribution in [-0.2, 0) is 19.6 Å². The Morgan fingerprint density at radius 1 is 0.875 bits per heavy atom. The highest BCUT2D eigenvalue weighted by Crippen LogP contribution is 2.42. The predicted molar refractivity (Wildman–Crippen MR) is 97.2 cm³/mol. The molecule has 1 aliphatic carbocycles. The van der Waals surface area contributed by atoms with Crippen LogP contribution in [-0.4, -0.2) is 17.0 Å². The lowest BCUT2D eigenvalue weighted by Crippen LogP contribution is -2.49. The van der Waals surface area contributed by atoms with E-state index in [1.807, 2.05) is 0 Å². The minimum atomic E-state index is -0.817. The van der Waals surface area contributed by atoms with Crippen LogP contribution in [0.4, 0.5) is 0 Å². The summed E-state index contributed by atoms with van der Waals surface area (Å²) in [6.45, 7) is 17.0. The van der Waals surface area contributed by atoms with E-state index in [2.05, 4.69) is 55.4 Å². The van der Waals surface area contributed by atoms with Gasteiger partial charge in [0, 0.05) is 12.3 Å². The highest BCUT2D eigenvalue weighted by molar-refractivity contribution is 4.83. The van der Waals surface area contributed by atoms with Crippen molar-refractivity contribution >= 4 is 0 Å². The lowest BCUT2D eigenvalue weighted by molar-refractivity contribution is -0.558. The summed E-state index contributed by atoms with van der Waals surface area (Å²) in [6.07, 6.45) is 6.88. The van der Waals surface area contributed by atoms with E-state index in [-0.39, 0.29) is 17.1 Å². The summed E-state index contributed by atoms with van der Waals surface area (Å²) in [4.78, 5) is 23.6. The summed E-state index contributed by atoms with van der Waals surface area (Å²) in [5.74, 6) is 0.0754. The van der Waals surface area contributed by atoms with Crippen LogP contribution in [0.3, 0.4) is 0 Å². The molecular formula is C20H40O4. The Bertz CT molecular complexity index is 343. The van der Waals surface area contributed by atoms with Crippen molar-refractivity contribution < 1.29 is 19.6 Å². The van der Waals surface area contributed by atoms with Crippen molar-refractivity contribution in [3.05, 3.63) is 0 Å². The number of rotatable bonds is 10. The third kappa shape index (κ3) is 6.62. The van der Waals surface area contributed by atoms with Gasteiger partial charge >= 0.3 is 0 Å². The van der Waals surface area contributed by atoms with Gasteiger partial charge in [-0.05, 0) is 59.3 Å². The van der Waals surface area contributed by atoms with Gasteiger partial charge in [0.15, 0.2) is 0 Å². The fourth-order valence-corrected chi connectivity index (χ4v) is 3.51. The van der Waals surface area contributed by atoms with Crippen molar-refractivity contribution in [2.75, 3.05) is 0 Å². The van der Waals surface area contributed by atoms with E-state index < -0.39 is 5.79 Å². The van der Waals surface area contributed by atoms with Gasteiger partial charge in [0.1, 0.15) is 0 Å². The molecule has 144 valence electrons. The van der Waals surface area contributed by atoms with Gasteiger partial charge in [-0.3, -0.25) is 0 Å². The van der Waals surface area contributed by atoms with E-state index in [1.165, 1.54) is 0 Å². The minimum Gasteiger partial charge on any atom is -0.228 e. The first-order chi connectivity index (χ1) is 11.1. The van der Waals surface area contributed by atoms with Crippen LogP contribution in [0.2, 0.25) is 0 Å². The first kappa shape index (κ1) is 21.9. The average Bonchev–Trinajstić information content (AvgIpc) is 2.46. The molecule has 0 N–H and O–H groups in total. The first-order valence-electron chi connectivity index (χ1n) is 9.79. The van der Waals surface area contributed by atoms with E-state index in [4.69, 9.17) is 19.6 Å². The fraction of sp³-hybridized carbons (Fsp3) is 1.00. The van der Waals surface area contributed by atoms with Gasteiger partial charge in [-0.1, -0.05) is 40.5 Å². The van der Waals surface area contributed by atoms with Crippen molar-refractivity contribution in [3.63, 3.8) is 0 Å². The predicted octanol–water partition coefficient (Wildman–Crippen LogP) is 6.19. The molecule has 1 aliphatic rings. The van der Waals surface area contributed by atoms with Gasteiger partial charge in [0.25, 0.3) is 0 Å². The Labute approximate surface area is 149 Å². The molecule has 0 amide bonds. The van der Waals surface area contributed by atoms with Crippen LogP contribution in [0.5, 0.6) is 0 Å². The molecule has 24 heavy (non-hydrogen) atoms. The smallest absolute Gasteiger partial charge is 0.228 e. The van der Waals surface area contributed by atoms with Gasteiger partial charge in [0.05, 0.1) is 11.2 Å². The summed E-state index contributed by atoms with van der Waals surface area (Å²) in [6, 6.07) is 0. The molecular weight excluding hydrogens is 304 g/mol. The normalized spacial score (nSPS) is 25.0. The Morgan fingerprint density at radius 3 is 1.71 bits per heavy atom. The maximum absolute atomic E-state index is 5.97. The second-order valence-electron chi connectivity index (χ2n) is 8.95. The molecule has 1 fully saturated rings. The molecule has 2 unspecified atom stereocenters. The van der Waals surface area contributed by atoms with Gasteiger partial charge < -0.3 is 0 Å². The quantitative estimate of drug-likeness (QED) is 0.269.